The van der Waals surface area contributed by atoms with Crippen LogP contribution in [0.4, 0.5) is 9.59 Å². The normalized spacial score (nSPS) is 19.0. The molecule has 1 aliphatic rings. The van der Waals surface area contributed by atoms with Crippen LogP contribution in [0.25, 0.3) is 0 Å². The van der Waals surface area contributed by atoms with E-state index < -0.39 is 25.9 Å². The molecule has 0 aromatic rings. The summed E-state index contributed by atoms with van der Waals surface area (Å²) in [6, 6.07) is 0.931. The van der Waals surface area contributed by atoms with Gasteiger partial charge in [-0.2, -0.15) is 0 Å². The maximum absolute atomic E-state index is 12.1. The summed E-state index contributed by atoms with van der Waals surface area (Å²) in [5, 5.41) is 2.76. The van der Waals surface area contributed by atoms with Gasteiger partial charge in [-0.1, -0.05) is 19.6 Å². The van der Waals surface area contributed by atoms with Crippen LogP contribution in [0, 0.1) is 0 Å². The number of carbonyl (C=O) groups is 2. The average Bonchev–Trinajstić information content (AvgIpc) is 2.72. The Kier molecular flexibility index (Phi) is 6.28. The SMILES string of the molecule is CC(C)(C)OC(=O)N1CCCC1NC(=O)OCC[Si](C)(C)C. The first-order chi connectivity index (χ1) is 9.98. The Hall–Kier alpha value is -1.24. The van der Waals surface area contributed by atoms with E-state index in [0.29, 0.717) is 13.2 Å². The van der Waals surface area contributed by atoms with Gasteiger partial charge in [-0.05, 0) is 39.7 Å². The molecule has 128 valence electrons. The van der Waals surface area contributed by atoms with E-state index in [9.17, 15) is 9.59 Å². The number of carbonyl (C=O) groups excluding carboxylic acids is 2. The van der Waals surface area contributed by atoms with Gasteiger partial charge in [0.25, 0.3) is 0 Å². The van der Waals surface area contributed by atoms with Crippen molar-refractivity contribution in [1.82, 2.24) is 10.2 Å². The van der Waals surface area contributed by atoms with Gasteiger partial charge in [0.1, 0.15) is 11.8 Å². The van der Waals surface area contributed by atoms with Crippen LogP contribution < -0.4 is 5.32 Å². The zero-order chi connectivity index (χ0) is 17.0. The van der Waals surface area contributed by atoms with E-state index in [1.54, 1.807) is 4.90 Å². The number of alkyl carbamates (subject to hydrolysis) is 1. The van der Waals surface area contributed by atoms with Crippen molar-refractivity contribution in [2.24, 2.45) is 0 Å². The molecule has 1 rings (SSSR count). The highest BCUT2D eigenvalue weighted by molar-refractivity contribution is 6.76. The van der Waals surface area contributed by atoms with Crippen LogP contribution in [-0.2, 0) is 9.47 Å². The van der Waals surface area contributed by atoms with E-state index in [-0.39, 0.29) is 6.17 Å². The fourth-order valence-corrected chi connectivity index (χ4v) is 2.80. The molecule has 0 saturated carbocycles. The number of hydrogen-bond donors (Lipinski definition) is 1. The highest BCUT2D eigenvalue weighted by atomic mass is 28.3. The Morgan fingerprint density at radius 3 is 2.45 bits per heavy atom. The van der Waals surface area contributed by atoms with Gasteiger partial charge in [-0.15, -0.1) is 0 Å². The Labute approximate surface area is 134 Å². The number of amides is 2. The first kappa shape index (κ1) is 18.8. The minimum absolute atomic E-state index is 0.339. The predicted molar refractivity (Wildman–Crippen MR) is 88.6 cm³/mol. The van der Waals surface area contributed by atoms with Gasteiger partial charge in [0.15, 0.2) is 0 Å². The Morgan fingerprint density at radius 1 is 1.27 bits per heavy atom. The third kappa shape index (κ3) is 7.15. The van der Waals surface area contributed by atoms with Crippen molar-refractivity contribution in [2.75, 3.05) is 13.2 Å². The zero-order valence-electron chi connectivity index (χ0n) is 14.7. The molecular formula is C15H30N2O4Si. The molecule has 1 saturated heterocycles. The summed E-state index contributed by atoms with van der Waals surface area (Å²) in [4.78, 5) is 25.5. The first-order valence-corrected chi connectivity index (χ1v) is 11.6. The minimum Gasteiger partial charge on any atom is -0.450 e. The highest BCUT2D eigenvalue weighted by Crippen LogP contribution is 2.19. The van der Waals surface area contributed by atoms with Crippen molar-refractivity contribution in [3.05, 3.63) is 0 Å². The van der Waals surface area contributed by atoms with Gasteiger partial charge in [0.05, 0.1) is 6.61 Å². The van der Waals surface area contributed by atoms with Crippen LogP contribution in [0.2, 0.25) is 25.7 Å². The molecule has 0 radical (unpaired) electrons. The molecule has 1 heterocycles. The highest BCUT2D eigenvalue weighted by Gasteiger charge is 2.33. The van der Waals surface area contributed by atoms with Crippen molar-refractivity contribution < 1.29 is 19.1 Å². The Bertz CT molecular complexity index is 401. The van der Waals surface area contributed by atoms with Gasteiger partial charge in [0.2, 0.25) is 0 Å². The molecule has 0 aliphatic carbocycles. The number of likely N-dealkylation sites (tertiary alicyclic amines) is 1. The molecule has 0 aromatic carbocycles. The number of hydrogen-bond acceptors (Lipinski definition) is 4. The van der Waals surface area contributed by atoms with E-state index >= 15 is 0 Å². The van der Waals surface area contributed by atoms with Gasteiger partial charge in [-0.25, -0.2) is 9.59 Å². The minimum atomic E-state index is -1.22. The fraction of sp³-hybridized carbons (Fsp3) is 0.867. The van der Waals surface area contributed by atoms with E-state index in [1.165, 1.54) is 0 Å². The topological polar surface area (TPSA) is 67.9 Å². The van der Waals surface area contributed by atoms with Crippen LogP contribution >= 0.6 is 0 Å². The molecule has 1 N–H and O–H groups in total. The summed E-state index contributed by atoms with van der Waals surface area (Å²) in [6.45, 7) is 13.2. The third-order valence-corrected chi connectivity index (χ3v) is 4.95. The Balaban J connectivity index is 2.43. The van der Waals surface area contributed by atoms with Crippen molar-refractivity contribution in [3.63, 3.8) is 0 Å². The van der Waals surface area contributed by atoms with Crippen LogP contribution in [0.3, 0.4) is 0 Å². The maximum Gasteiger partial charge on any atom is 0.411 e. The summed E-state index contributed by atoms with van der Waals surface area (Å²) >= 11 is 0. The van der Waals surface area contributed by atoms with Crippen molar-refractivity contribution in [1.29, 1.82) is 0 Å². The number of nitrogens with one attached hydrogen (secondary N) is 1. The maximum atomic E-state index is 12.1. The summed E-state index contributed by atoms with van der Waals surface area (Å²) < 4.78 is 10.6. The van der Waals surface area contributed by atoms with Crippen LogP contribution in [-0.4, -0.2) is 50.1 Å². The van der Waals surface area contributed by atoms with Gasteiger partial charge in [0, 0.05) is 14.6 Å². The predicted octanol–water partition coefficient (Wildman–Crippen LogP) is 3.41. The van der Waals surface area contributed by atoms with E-state index in [4.69, 9.17) is 9.47 Å². The standard InChI is InChI=1S/C15H30N2O4Si/c1-15(2,3)21-14(19)17-9-7-8-12(17)16-13(18)20-10-11-22(4,5)6/h12H,7-11H2,1-6H3,(H,16,18). The lowest BCUT2D eigenvalue weighted by Gasteiger charge is -2.28. The van der Waals surface area contributed by atoms with Crippen LogP contribution in [0.15, 0.2) is 0 Å². The third-order valence-electron chi connectivity index (χ3n) is 3.25. The molecule has 0 aromatic heterocycles. The molecule has 1 aliphatic heterocycles. The summed E-state index contributed by atoms with van der Waals surface area (Å²) in [5.41, 5.74) is -0.540. The smallest absolute Gasteiger partial charge is 0.411 e. The summed E-state index contributed by atoms with van der Waals surface area (Å²) in [7, 11) is -1.22. The molecule has 1 fully saturated rings. The van der Waals surface area contributed by atoms with Crippen LogP contribution in [0.1, 0.15) is 33.6 Å². The molecule has 6 nitrogen and oxygen atoms in total. The molecule has 2 amide bonds. The monoisotopic (exact) mass is 330 g/mol. The van der Waals surface area contributed by atoms with Crippen molar-refractivity contribution >= 4 is 20.3 Å². The number of rotatable bonds is 4. The molecule has 7 heteroatoms. The van der Waals surface area contributed by atoms with Gasteiger partial charge >= 0.3 is 12.2 Å². The Morgan fingerprint density at radius 2 is 1.91 bits per heavy atom. The quantitative estimate of drug-likeness (QED) is 0.802. The summed E-state index contributed by atoms with van der Waals surface area (Å²) in [5.74, 6) is 0. The zero-order valence-corrected chi connectivity index (χ0v) is 15.7. The summed E-state index contributed by atoms with van der Waals surface area (Å²) in [6.07, 6.45) is 0.381. The van der Waals surface area contributed by atoms with Crippen LogP contribution in [0.5, 0.6) is 0 Å². The van der Waals surface area contributed by atoms with Gasteiger partial charge < -0.3 is 14.8 Å². The van der Waals surface area contributed by atoms with E-state index in [1.807, 2.05) is 20.8 Å². The van der Waals surface area contributed by atoms with E-state index in [0.717, 1.165) is 18.9 Å². The second-order valence-corrected chi connectivity index (χ2v) is 13.5. The number of ether oxygens (including phenoxy) is 2. The largest absolute Gasteiger partial charge is 0.450 e. The first-order valence-electron chi connectivity index (χ1n) is 7.91. The molecule has 1 atom stereocenters. The van der Waals surface area contributed by atoms with E-state index in [2.05, 4.69) is 25.0 Å². The average molecular weight is 331 g/mol. The van der Waals surface area contributed by atoms with Gasteiger partial charge in [-0.3, -0.25) is 4.90 Å². The van der Waals surface area contributed by atoms with Crippen molar-refractivity contribution in [2.45, 2.75) is 71.1 Å². The molecule has 22 heavy (non-hydrogen) atoms. The number of nitrogens with zero attached hydrogens (tertiary/aromatic N) is 1. The lowest BCUT2D eigenvalue weighted by molar-refractivity contribution is 0.0200. The molecule has 1 unspecified atom stereocenters. The lowest BCUT2D eigenvalue weighted by atomic mass is 10.2. The molecular weight excluding hydrogens is 300 g/mol. The second kappa shape index (κ2) is 7.35. The molecule has 0 spiro atoms. The fourth-order valence-electron chi connectivity index (χ4n) is 2.08. The molecule has 0 bridgehead atoms. The second-order valence-electron chi connectivity index (χ2n) is 7.92. The lowest BCUT2D eigenvalue weighted by Crippen LogP contribution is -2.48. The van der Waals surface area contributed by atoms with Crippen molar-refractivity contribution in [3.8, 4) is 0 Å².